The van der Waals surface area contributed by atoms with Crippen LogP contribution in [0.1, 0.15) is 67.0 Å². The van der Waals surface area contributed by atoms with Crippen LogP contribution in [-0.4, -0.2) is 7.05 Å². The van der Waals surface area contributed by atoms with E-state index < -0.39 is 0 Å². The third kappa shape index (κ3) is 6.02. The Morgan fingerprint density at radius 2 is 1.83 bits per heavy atom. The summed E-state index contributed by atoms with van der Waals surface area (Å²) in [5.41, 5.74) is 11.1. The molecule has 1 N–H and O–H groups in total. The fourth-order valence-corrected chi connectivity index (χ4v) is 4.70. The normalized spacial score (nSPS) is 13.2. The summed E-state index contributed by atoms with van der Waals surface area (Å²) >= 11 is 1.78. The van der Waals surface area contributed by atoms with Gasteiger partial charge in [-0.25, -0.2) is 0 Å². The van der Waals surface area contributed by atoms with E-state index in [-0.39, 0.29) is 0 Å². The van der Waals surface area contributed by atoms with Crippen molar-refractivity contribution >= 4 is 22.4 Å². The fourth-order valence-electron chi connectivity index (χ4n) is 3.96. The minimum Gasteiger partial charge on any atom is -0.388 e. The standard InChI is InChI=1S/C25H31NS.C2H6/c1-17(13-22-14-19(3)25(26-5)15-18(22)2)16-27-20(4)23-12-8-10-21-9-6-7-11-24(21)23;1-2/h8,10,12,14-16,26H,4,6-7,9,11,13H2,1-3,5H3;1-2H3/b17-16+;. The number of aryl methyl sites for hydroxylation is 3. The van der Waals surface area contributed by atoms with Crippen molar-refractivity contribution in [3.05, 3.63) is 81.3 Å². The van der Waals surface area contributed by atoms with Crippen molar-refractivity contribution in [2.24, 2.45) is 0 Å². The molecule has 2 aromatic carbocycles. The number of nitrogens with one attached hydrogen (secondary N) is 1. The number of hydrogen-bond acceptors (Lipinski definition) is 2. The number of fused-ring (bicyclic) bond motifs is 1. The average molecular weight is 408 g/mol. The topological polar surface area (TPSA) is 12.0 Å². The second-order valence-corrected chi connectivity index (χ2v) is 8.64. The largest absolute Gasteiger partial charge is 0.388 e. The van der Waals surface area contributed by atoms with Gasteiger partial charge in [-0.3, -0.25) is 0 Å². The van der Waals surface area contributed by atoms with Crippen molar-refractivity contribution in [3.8, 4) is 0 Å². The van der Waals surface area contributed by atoms with Gasteiger partial charge in [0.15, 0.2) is 0 Å². The average Bonchev–Trinajstić information content (AvgIpc) is 2.75. The number of anilines is 1. The summed E-state index contributed by atoms with van der Waals surface area (Å²) in [6, 6.07) is 11.3. The number of hydrogen-bond donors (Lipinski definition) is 1. The van der Waals surface area contributed by atoms with Crippen LogP contribution in [0.2, 0.25) is 0 Å². The van der Waals surface area contributed by atoms with Gasteiger partial charge in [0, 0.05) is 17.6 Å². The van der Waals surface area contributed by atoms with E-state index in [2.05, 4.69) is 68.4 Å². The molecule has 0 radical (unpaired) electrons. The molecule has 0 aromatic heterocycles. The molecule has 1 aliphatic rings. The fraction of sp³-hybridized carbons (Fsp3) is 0.407. The molecule has 3 rings (SSSR count). The highest BCUT2D eigenvalue weighted by atomic mass is 32.2. The summed E-state index contributed by atoms with van der Waals surface area (Å²) < 4.78 is 0. The Kier molecular flexibility index (Phi) is 9.10. The van der Waals surface area contributed by atoms with Crippen molar-refractivity contribution in [3.63, 3.8) is 0 Å². The molecule has 156 valence electrons. The summed E-state index contributed by atoms with van der Waals surface area (Å²) in [6.07, 6.45) is 6.03. The van der Waals surface area contributed by atoms with Crippen LogP contribution in [0.15, 0.2) is 47.9 Å². The maximum absolute atomic E-state index is 4.38. The minimum atomic E-state index is 0.990. The lowest BCUT2D eigenvalue weighted by molar-refractivity contribution is 0.684. The van der Waals surface area contributed by atoms with Crippen LogP contribution in [-0.2, 0) is 19.3 Å². The number of thioether (sulfide) groups is 1. The quantitative estimate of drug-likeness (QED) is 0.519. The molecule has 0 saturated heterocycles. The molecule has 0 bridgehead atoms. The van der Waals surface area contributed by atoms with Crippen LogP contribution < -0.4 is 5.32 Å². The molecule has 2 heteroatoms. The van der Waals surface area contributed by atoms with E-state index in [1.54, 1.807) is 11.8 Å². The van der Waals surface area contributed by atoms with E-state index in [1.165, 1.54) is 75.2 Å². The highest BCUT2D eigenvalue weighted by Gasteiger charge is 2.14. The second kappa shape index (κ2) is 11.3. The van der Waals surface area contributed by atoms with E-state index in [1.807, 2.05) is 20.9 Å². The van der Waals surface area contributed by atoms with E-state index in [4.69, 9.17) is 0 Å². The van der Waals surface area contributed by atoms with Gasteiger partial charge in [0.1, 0.15) is 0 Å². The van der Waals surface area contributed by atoms with Crippen molar-refractivity contribution in [1.82, 2.24) is 0 Å². The van der Waals surface area contributed by atoms with Crippen LogP contribution in [0.3, 0.4) is 0 Å². The lowest BCUT2D eigenvalue weighted by Crippen LogP contribution is -2.05. The molecule has 0 spiro atoms. The Labute approximate surface area is 182 Å². The number of benzene rings is 2. The summed E-state index contributed by atoms with van der Waals surface area (Å²) in [4.78, 5) is 1.17. The van der Waals surface area contributed by atoms with Crippen LogP contribution in [0.25, 0.3) is 4.91 Å². The summed E-state index contributed by atoms with van der Waals surface area (Å²) in [5.74, 6) is 0. The SMILES string of the molecule is C=C(S/C=C(\C)Cc1cc(C)c(NC)cc1C)c1cccc2c1CCCC2.CC. The first-order valence-corrected chi connectivity index (χ1v) is 11.8. The molecule has 0 unspecified atom stereocenters. The van der Waals surface area contributed by atoms with Gasteiger partial charge in [0.2, 0.25) is 0 Å². The molecule has 0 atom stereocenters. The van der Waals surface area contributed by atoms with Gasteiger partial charge in [-0.1, -0.05) is 62.0 Å². The van der Waals surface area contributed by atoms with Gasteiger partial charge in [-0.2, -0.15) is 0 Å². The summed E-state index contributed by atoms with van der Waals surface area (Å²) in [7, 11) is 1.98. The molecule has 0 amide bonds. The van der Waals surface area contributed by atoms with Crippen molar-refractivity contribution in [2.45, 2.75) is 66.7 Å². The van der Waals surface area contributed by atoms with Crippen LogP contribution in [0.4, 0.5) is 5.69 Å². The Bertz CT molecular complexity index is 876. The highest BCUT2D eigenvalue weighted by Crippen LogP contribution is 2.35. The Hall–Kier alpha value is -1.93. The minimum absolute atomic E-state index is 0.990. The predicted molar refractivity (Wildman–Crippen MR) is 134 cm³/mol. The van der Waals surface area contributed by atoms with Crippen molar-refractivity contribution < 1.29 is 0 Å². The van der Waals surface area contributed by atoms with Gasteiger partial charge in [-0.15, -0.1) is 0 Å². The smallest absolute Gasteiger partial charge is 0.0370 e. The molecule has 0 aliphatic heterocycles. The third-order valence-electron chi connectivity index (χ3n) is 5.52. The highest BCUT2D eigenvalue weighted by molar-refractivity contribution is 8.10. The molecule has 2 aromatic rings. The zero-order valence-electron chi connectivity index (χ0n) is 19.1. The predicted octanol–water partition coefficient (Wildman–Crippen LogP) is 8.10. The third-order valence-corrected chi connectivity index (χ3v) is 6.54. The molecule has 0 saturated carbocycles. The van der Waals surface area contributed by atoms with Gasteiger partial charge < -0.3 is 5.32 Å². The maximum atomic E-state index is 4.38. The van der Waals surface area contributed by atoms with Crippen LogP contribution in [0, 0.1) is 13.8 Å². The lowest BCUT2D eigenvalue weighted by Gasteiger charge is -2.20. The lowest BCUT2D eigenvalue weighted by atomic mass is 9.88. The maximum Gasteiger partial charge on any atom is 0.0370 e. The van der Waals surface area contributed by atoms with E-state index in [0.29, 0.717) is 0 Å². The molecule has 29 heavy (non-hydrogen) atoms. The van der Waals surface area contributed by atoms with Crippen LogP contribution >= 0.6 is 11.8 Å². The van der Waals surface area contributed by atoms with E-state index in [9.17, 15) is 0 Å². The zero-order valence-corrected chi connectivity index (χ0v) is 19.9. The van der Waals surface area contributed by atoms with Crippen LogP contribution in [0.5, 0.6) is 0 Å². The monoisotopic (exact) mass is 407 g/mol. The van der Waals surface area contributed by atoms with Crippen molar-refractivity contribution in [2.75, 3.05) is 12.4 Å². The first kappa shape index (κ1) is 23.3. The molecule has 0 fully saturated rings. The Balaban J connectivity index is 0.00000145. The van der Waals surface area contributed by atoms with Crippen molar-refractivity contribution in [1.29, 1.82) is 0 Å². The first-order chi connectivity index (χ1) is 14.0. The Morgan fingerprint density at radius 3 is 2.55 bits per heavy atom. The number of allylic oxidation sites excluding steroid dienone is 1. The summed E-state index contributed by atoms with van der Waals surface area (Å²) in [5, 5.41) is 5.55. The van der Waals surface area contributed by atoms with Gasteiger partial charge in [-0.05, 0) is 97.7 Å². The van der Waals surface area contributed by atoms with E-state index >= 15 is 0 Å². The van der Waals surface area contributed by atoms with Gasteiger partial charge >= 0.3 is 0 Å². The molecule has 1 nitrogen and oxygen atoms in total. The van der Waals surface area contributed by atoms with E-state index in [0.717, 1.165) is 6.42 Å². The van der Waals surface area contributed by atoms with Gasteiger partial charge in [0.25, 0.3) is 0 Å². The molecular formula is C27H37NS. The zero-order chi connectivity index (χ0) is 21.4. The van der Waals surface area contributed by atoms with Gasteiger partial charge in [0.05, 0.1) is 0 Å². The number of rotatable bonds is 6. The molecule has 0 heterocycles. The first-order valence-electron chi connectivity index (χ1n) is 10.9. The summed E-state index contributed by atoms with van der Waals surface area (Å²) in [6.45, 7) is 15.0. The molecule has 1 aliphatic carbocycles. The Morgan fingerprint density at radius 1 is 1.10 bits per heavy atom. The molecular weight excluding hydrogens is 370 g/mol. The second-order valence-electron chi connectivity index (χ2n) is 7.68.